The van der Waals surface area contributed by atoms with E-state index in [1.165, 1.54) is 49.0 Å². The maximum atomic E-state index is 13.2. The van der Waals surface area contributed by atoms with Gasteiger partial charge in [-0.25, -0.2) is 9.78 Å². The molecule has 4 aromatic rings. The first kappa shape index (κ1) is 29.8. The Hall–Kier alpha value is -3.66. The number of amides is 3. The van der Waals surface area contributed by atoms with Crippen LogP contribution in [0.5, 0.6) is 0 Å². The second kappa shape index (κ2) is 13.5. The number of rotatable bonds is 9. The number of nitrogens with zero attached hydrogens (tertiary/aromatic N) is 1. The monoisotopic (exact) mass is 624 g/mol. The standard InChI is InChI=1S/C31H30Cl2N4O4S/c32-23-16-25-26(17-24(23)33)42-31(35-25)37-30(41)36-28(20-8-6-19(7-9-20)18-4-2-1-3-5-18)21-10-12-22(13-11-21)29(40)34-15-14-27(38)39/h6-13,16-18,28H,1-5,14-15H2,(H,34,40)(H,38,39)(H2,35,36,37,41). The molecule has 1 fully saturated rings. The predicted octanol–water partition coefficient (Wildman–Crippen LogP) is 7.77. The number of hydrogen-bond acceptors (Lipinski definition) is 5. The Morgan fingerprint density at radius 1 is 0.929 bits per heavy atom. The van der Waals surface area contributed by atoms with E-state index < -0.39 is 18.0 Å². The van der Waals surface area contributed by atoms with E-state index in [-0.39, 0.29) is 18.9 Å². The van der Waals surface area contributed by atoms with Crippen LogP contribution >= 0.6 is 34.5 Å². The van der Waals surface area contributed by atoms with E-state index in [2.05, 4.69) is 33.1 Å². The zero-order valence-electron chi connectivity index (χ0n) is 22.7. The minimum atomic E-state index is -0.981. The molecule has 0 saturated heterocycles. The van der Waals surface area contributed by atoms with Crippen LogP contribution in [-0.4, -0.2) is 34.5 Å². The van der Waals surface area contributed by atoms with Crippen molar-refractivity contribution in [1.82, 2.24) is 15.6 Å². The average molecular weight is 626 g/mol. The summed E-state index contributed by atoms with van der Waals surface area (Å²) in [5.41, 5.74) is 4.01. The Kier molecular flexibility index (Phi) is 9.62. The van der Waals surface area contributed by atoms with Crippen molar-refractivity contribution in [2.24, 2.45) is 0 Å². The number of carboxylic acids is 1. The fraction of sp³-hybridized carbons (Fsp3) is 0.290. The Balaban J connectivity index is 1.36. The number of benzene rings is 3. The van der Waals surface area contributed by atoms with Gasteiger partial charge in [0, 0.05) is 12.1 Å². The first-order valence-corrected chi connectivity index (χ1v) is 15.4. The van der Waals surface area contributed by atoms with Crippen molar-refractivity contribution in [3.63, 3.8) is 0 Å². The first-order chi connectivity index (χ1) is 20.3. The third kappa shape index (κ3) is 7.40. The van der Waals surface area contributed by atoms with Gasteiger partial charge in [0.25, 0.3) is 5.91 Å². The third-order valence-corrected chi connectivity index (χ3v) is 9.06. The number of halogens is 2. The maximum absolute atomic E-state index is 13.2. The van der Waals surface area contributed by atoms with E-state index in [0.29, 0.717) is 32.2 Å². The topological polar surface area (TPSA) is 120 Å². The van der Waals surface area contributed by atoms with Gasteiger partial charge in [-0.3, -0.25) is 14.9 Å². The average Bonchev–Trinajstić information content (AvgIpc) is 3.37. The largest absolute Gasteiger partial charge is 0.481 e. The lowest BCUT2D eigenvalue weighted by molar-refractivity contribution is -0.136. The fourth-order valence-electron chi connectivity index (χ4n) is 5.21. The van der Waals surface area contributed by atoms with Crippen molar-refractivity contribution in [3.8, 4) is 0 Å². The summed E-state index contributed by atoms with van der Waals surface area (Å²) in [6, 6.07) is 17.7. The molecule has 1 saturated carbocycles. The summed E-state index contributed by atoms with van der Waals surface area (Å²) in [6.07, 6.45) is 6.01. The maximum Gasteiger partial charge on any atom is 0.321 e. The minimum Gasteiger partial charge on any atom is -0.481 e. The number of aliphatic carboxylic acids is 1. The number of carbonyl (C=O) groups excluding carboxylic acids is 2. The van der Waals surface area contributed by atoms with Crippen LogP contribution in [0.3, 0.4) is 0 Å². The number of thiazole rings is 1. The molecular weight excluding hydrogens is 595 g/mol. The third-order valence-electron chi connectivity index (χ3n) is 7.40. The van der Waals surface area contributed by atoms with Crippen LogP contribution < -0.4 is 16.0 Å². The molecule has 0 aliphatic heterocycles. The molecule has 1 aliphatic carbocycles. The SMILES string of the molecule is O=C(O)CCNC(=O)c1ccc(C(NC(=O)Nc2nc3cc(Cl)c(Cl)cc3s2)c2ccc(C3CCCCC3)cc2)cc1. The normalized spacial score (nSPS) is 14.3. The number of fused-ring (bicyclic) bond motifs is 1. The van der Waals surface area contributed by atoms with Gasteiger partial charge in [0.15, 0.2) is 5.13 Å². The molecule has 11 heteroatoms. The summed E-state index contributed by atoms with van der Waals surface area (Å²) in [7, 11) is 0. The Bertz CT molecular complexity index is 1550. The van der Waals surface area contributed by atoms with Gasteiger partial charge in [0.05, 0.1) is 32.7 Å². The number of carbonyl (C=O) groups is 3. The van der Waals surface area contributed by atoms with Gasteiger partial charge in [-0.2, -0.15) is 0 Å². The van der Waals surface area contributed by atoms with Crippen molar-refractivity contribution in [3.05, 3.63) is 93.0 Å². The summed E-state index contributed by atoms with van der Waals surface area (Å²) >= 11 is 13.5. The minimum absolute atomic E-state index is 0.0395. The number of hydrogen-bond donors (Lipinski definition) is 4. The number of carboxylic acid groups (broad SMARTS) is 1. The molecule has 0 bridgehead atoms. The van der Waals surface area contributed by atoms with E-state index >= 15 is 0 Å². The Morgan fingerprint density at radius 3 is 2.24 bits per heavy atom. The molecule has 1 heterocycles. The summed E-state index contributed by atoms with van der Waals surface area (Å²) in [5, 5.41) is 18.5. The van der Waals surface area contributed by atoms with Gasteiger partial charge in [0.1, 0.15) is 0 Å². The van der Waals surface area contributed by atoms with Crippen LogP contribution in [0.4, 0.5) is 9.93 Å². The lowest BCUT2D eigenvalue weighted by Crippen LogP contribution is -2.33. The summed E-state index contributed by atoms with van der Waals surface area (Å²) < 4.78 is 0.798. The van der Waals surface area contributed by atoms with Crippen LogP contribution in [0.1, 0.15) is 77.5 Å². The van der Waals surface area contributed by atoms with E-state index in [0.717, 1.165) is 15.8 Å². The van der Waals surface area contributed by atoms with Gasteiger partial charge < -0.3 is 15.7 Å². The molecule has 1 aliphatic rings. The summed E-state index contributed by atoms with van der Waals surface area (Å²) in [6.45, 7) is 0.0395. The molecule has 0 radical (unpaired) electrons. The van der Waals surface area contributed by atoms with Gasteiger partial charge >= 0.3 is 12.0 Å². The molecule has 1 aromatic heterocycles. The second-order valence-corrected chi connectivity index (χ2v) is 12.2. The zero-order valence-corrected chi connectivity index (χ0v) is 25.0. The molecule has 0 spiro atoms. The highest BCUT2D eigenvalue weighted by Crippen LogP contribution is 2.35. The van der Waals surface area contributed by atoms with Crippen molar-refractivity contribution >= 4 is 67.8 Å². The second-order valence-electron chi connectivity index (χ2n) is 10.3. The van der Waals surface area contributed by atoms with Crippen molar-refractivity contribution in [1.29, 1.82) is 0 Å². The molecule has 8 nitrogen and oxygen atoms in total. The van der Waals surface area contributed by atoms with Gasteiger partial charge in [0.2, 0.25) is 0 Å². The molecule has 218 valence electrons. The van der Waals surface area contributed by atoms with Gasteiger partial charge in [-0.05, 0) is 59.7 Å². The quantitative estimate of drug-likeness (QED) is 0.152. The van der Waals surface area contributed by atoms with E-state index in [9.17, 15) is 14.4 Å². The lowest BCUT2D eigenvalue weighted by atomic mass is 9.83. The molecule has 1 atom stereocenters. The summed E-state index contributed by atoms with van der Waals surface area (Å²) in [5.74, 6) is -0.786. The van der Waals surface area contributed by atoms with Crippen molar-refractivity contribution in [2.45, 2.75) is 50.5 Å². The van der Waals surface area contributed by atoms with Crippen LogP contribution in [0, 0.1) is 0 Å². The molecule has 5 rings (SSSR count). The molecule has 3 amide bonds. The van der Waals surface area contributed by atoms with Crippen molar-refractivity contribution in [2.75, 3.05) is 11.9 Å². The fourth-order valence-corrected chi connectivity index (χ4v) is 6.48. The molecule has 4 N–H and O–H groups in total. The highest BCUT2D eigenvalue weighted by Gasteiger charge is 2.21. The predicted molar refractivity (Wildman–Crippen MR) is 167 cm³/mol. The number of aromatic nitrogens is 1. The molecule has 3 aromatic carbocycles. The van der Waals surface area contributed by atoms with Crippen LogP contribution in [0.15, 0.2) is 60.7 Å². The van der Waals surface area contributed by atoms with E-state index in [1.54, 1.807) is 36.4 Å². The van der Waals surface area contributed by atoms with Crippen LogP contribution in [-0.2, 0) is 4.79 Å². The smallest absolute Gasteiger partial charge is 0.321 e. The zero-order chi connectivity index (χ0) is 29.6. The van der Waals surface area contributed by atoms with Gasteiger partial charge in [-0.1, -0.05) is 90.2 Å². The molecule has 42 heavy (non-hydrogen) atoms. The lowest BCUT2D eigenvalue weighted by Gasteiger charge is -2.24. The highest BCUT2D eigenvalue weighted by atomic mass is 35.5. The van der Waals surface area contributed by atoms with Crippen LogP contribution in [0.2, 0.25) is 10.0 Å². The van der Waals surface area contributed by atoms with Crippen molar-refractivity contribution < 1.29 is 19.5 Å². The number of anilines is 1. The highest BCUT2D eigenvalue weighted by molar-refractivity contribution is 7.22. The molecular formula is C31H30Cl2N4O4S. The van der Waals surface area contributed by atoms with E-state index in [1.807, 2.05) is 12.1 Å². The van der Waals surface area contributed by atoms with Gasteiger partial charge in [-0.15, -0.1) is 0 Å². The van der Waals surface area contributed by atoms with E-state index in [4.69, 9.17) is 28.3 Å². The number of nitrogens with one attached hydrogen (secondary N) is 3. The Morgan fingerprint density at radius 2 is 1.57 bits per heavy atom. The Labute approximate surface area is 257 Å². The van der Waals surface area contributed by atoms with Crippen LogP contribution in [0.25, 0.3) is 10.2 Å². The summed E-state index contributed by atoms with van der Waals surface area (Å²) in [4.78, 5) is 40.9. The molecule has 1 unspecified atom stereocenters. The number of urea groups is 1. The first-order valence-electron chi connectivity index (χ1n) is 13.8.